The molecule has 1 aromatic rings. The lowest BCUT2D eigenvalue weighted by molar-refractivity contribution is 0.0523. The normalized spacial score (nSPS) is 12.2. The van der Waals surface area contributed by atoms with Crippen LogP contribution in [0, 0.1) is 0 Å². The number of hydrogen-bond donors (Lipinski definition) is 2. The highest BCUT2D eigenvalue weighted by molar-refractivity contribution is 7.92. The number of ether oxygens (including phenoxy) is 2. The van der Waals surface area contributed by atoms with Crippen molar-refractivity contribution in [1.82, 2.24) is 10.0 Å². The van der Waals surface area contributed by atoms with Gasteiger partial charge in [0.1, 0.15) is 11.4 Å². The first-order chi connectivity index (χ1) is 14.6. The van der Waals surface area contributed by atoms with E-state index in [1.165, 1.54) is 25.3 Å². The van der Waals surface area contributed by atoms with Gasteiger partial charge in [-0.25, -0.2) is 17.9 Å². The van der Waals surface area contributed by atoms with Gasteiger partial charge in [0.05, 0.1) is 7.11 Å². The predicted molar refractivity (Wildman–Crippen MR) is 125 cm³/mol. The second-order valence-corrected chi connectivity index (χ2v) is 10.1. The highest BCUT2D eigenvalue weighted by Gasteiger charge is 2.16. The van der Waals surface area contributed by atoms with Gasteiger partial charge in [-0.2, -0.15) is 0 Å². The number of alkyl carbamates (subject to hydrolysis) is 1. The van der Waals surface area contributed by atoms with Crippen molar-refractivity contribution in [2.45, 2.75) is 78.4 Å². The van der Waals surface area contributed by atoms with E-state index in [1.54, 1.807) is 46.1 Å². The first kappa shape index (κ1) is 27.0. The van der Waals surface area contributed by atoms with E-state index < -0.39 is 21.7 Å². The molecule has 0 saturated carbocycles. The summed E-state index contributed by atoms with van der Waals surface area (Å²) in [4.78, 5) is 12.0. The Morgan fingerprint density at radius 2 is 1.77 bits per heavy atom. The van der Waals surface area contributed by atoms with Crippen LogP contribution >= 0.6 is 0 Å². The third-order valence-electron chi connectivity index (χ3n) is 4.43. The maximum Gasteiger partial charge on any atom is 0.407 e. The largest absolute Gasteiger partial charge is 0.497 e. The summed E-state index contributed by atoms with van der Waals surface area (Å²) >= 11 is 0. The molecule has 0 aliphatic heterocycles. The average Bonchev–Trinajstić information content (AvgIpc) is 2.69. The Bertz CT molecular complexity index is 814. The lowest BCUT2D eigenvalue weighted by atomic mass is 10.1. The van der Waals surface area contributed by atoms with Crippen molar-refractivity contribution in [2.24, 2.45) is 0 Å². The molecule has 0 aliphatic rings. The summed E-state index contributed by atoms with van der Waals surface area (Å²) in [6.45, 7) is 8.13. The highest BCUT2D eigenvalue weighted by atomic mass is 32.2. The Morgan fingerprint density at radius 1 is 1.10 bits per heavy atom. The van der Waals surface area contributed by atoms with Crippen molar-refractivity contribution in [3.63, 3.8) is 0 Å². The number of unbranched alkanes of at least 4 members (excludes halogenated alkanes) is 5. The van der Waals surface area contributed by atoms with Crippen LogP contribution in [-0.4, -0.2) is 33.8 Å². The van der Waals surface area contributed by atoms with Crippen LogP contribution in [0.1, 0.15) is 77.3 Å². The van der Waals surface area contributed by atoms with Crippen LogP contribution in [0.15, 0.2) is 23.6 Å². The molecule has 0 fully saturated rings. The van der Waals surface area contributed by atoms with Gasteiger partial charge in [-0.15, -0.1) is 0 Å². The predicted octanol–water partition coefficient (Wildman–Crippen LogP) is 4.97. The van der Waals surface area contributed by atoms with Crippen LogP contribution in [-0.2, 0) is 21.3 Å². The Balaban J connectivity index is 2.71. The van der Waals surface area contributed by atoms with Crippen LogP contribution in [0.2, 0.25) is 0 Å². The van der Waals surface area contributed by atoms with E-state index in [0.717, 1.165) is 24.7 Å². The second-order valence-electron chi connectivity index (χ2n) is 8.43. The third-order valence-corrected chi connectivity index (χ3v) is 5.53. The molecule has 31 heavy (non-hydrogen) atoms. The van der Waals surface area contributed by atoms with Gasteiger partial charge in [0, 0.05) is 18.5 Å². The molecule has 1 aromatic carbocycles. The minimum Gasteiger partial charge on any atom is -0.497 e. The van der Waals surface area contributed by atoms with Gasteiger partial charge in [0.2, 0.25) is 10.0 Å². The zero-order valence-electron chi connectivity index (χ0n) is 19.5. The molecule has 0 saturated heterocycles. The van der Waals surface area contributed by atoms with E-state index in [9.17, 15) is 13.2 Å². The van der Waals surface area contributed by atoms with E-state index >= 15 is 0 Å². The number of carbonyl (C=O) groups excluding carboxylic acids is 1. The molecule has 0 atom stereocenters. The number of benzene rings is 1. The van der Waals surface area contributed by atoms with Crippen LogP contribution in [0.3, 0.4) is 0 Å². The molecular formula is C23H38N2O5S. The Kier molecular flexibility index (Phi) is 11.6. The topological polar surface area (TPSA) is 93.7 Å². The molecule has 0 heterocycles. The fourth-order valence-corrected chi connectivity index (χ4v) is 3.69. The second kappa shape index (κ2) is 13.4. The van der Waals surface area contributed by atoms with Crippen molar-refractivity contribution in [2.75, 3.05) is 13.7 Å². The minimum atomic E-state index is -3.54. The summed E-state index contributed by atoms with van der Waals surface area (Å²) in [6, 6.07) is 5.26. The molecule has 0 radical (unpaired) electrons. The van der Waals surface area contributed by atoms with E-state index in [2.05, 4.69) is 17.0 Å². The van der Waals surface area contributed by atoms with Crippen molar-refractivity contribution in [1.29, 1.82) is 0 Å². The van der Waals surface area contributed by atoms with E-state index in [0.29, 0.717) is 23.4 Å². The SMILES string of the molecule is CCCCCCCCNS(=O)(=O)/C=C/c1ccc(OC)cc1CNC(=O)OC(C)(C)C. The van der Waals surface area contributed by atoms with Crippen molar-refractivity contribution in [3.8, 4) is 5.75 Å². The monoisotopic (exact) mass is 454 g/mol. The number of amides is 1. The van der Waals surface area contributed by atoms with Crippen LogP contribution in [0.25, 0.3) is 6.08 Å². The molecule has 0 aromatic heterocycles. The Labute approximate surface area is 187 Å². The standard InChI is InChI=1S/C23H38N2O5S/c1-6-7-8-9-10-11-15-25-31(27,28)16-14-19-12-13-21(29-5)17-20(19)18-24-22(26)30-23(2,3)4/h12-14,16-17,25H,6-11,15,18H2,1-5H3,(H,24,26)/b16-14+. The highest BCUT2D eigenvalue weighted by Crippen LogP contribution is 2.20. The number of hydrogen-bond acceptors (Lipinski definition) is 5. The van der Waals surface area contributed by atoms with Crippen molar-refractivity contribution >= 4 is 22.2 Å². The minimum absolute atomic E-state index is 0.178. The number of methoxy groups -OCH3 is 1. The Morgan fingerprint density at radius 3 is 2.42 bits per heavy atom. The van der Waals surface area contributed by atoms with Crippen LogP contribution in [0.5, 0.6) is 5.75 Å². The molecule has 0 unspecified atom stereocenters. The van der Waals surface area contributed by atoms with Gasteiger partial charge >= 0.3 is 6.09 Å². The van der Waals surface area contributed by atoms with Gasteiger partial charge in [-0.1, -0.05) is 45.1 Å². The summed E-state index contributed by atoms with van der Waals surface area (Å²) in [5.74, 6) is 0.613. The Hall–Kier alpha value is -2.06. The molecule has 7 nitrogen and oxygen atoms in total. The number of carbonyl (C=O) groups is 1. The summed E-state index contributed by atoms with van der Waals surface area (Å²) < 4.78 is 37.7. The lowest BCUT2D eigenvalue weighted by Crippen LogP contribution is -2.32. The summed E-state index contributed by atoms with van der Waals surface area (Å²) in [5, 5.41) is 3.85. The molecule has 1 rings (SSSR count). The molecule has 0 bridgehead atoms. The first-order valence-corrected chi connectivity index (χ1v) is 12.4. The number of nitrogens with one attached hydrogen (secondary N) is 2. The summed E-state index contributed by atoms with van der Waals surface area (Å²) in [6.07, 6.45) is 7.56. The van der Waals surface area contributed by atoms with E-state index in [4.69, 9.17) is 9.47 Å². The van der Waals surface area contributed by atoms with Crippen molar-refractivity contribution in [3.05, 3.63) is 34.7 Å². The van der Waals surface area contributed by atoms with E-state index in [-0.39, 0.29) is 6.54 Å². The third kappa shape index (κ3) is 12.4. The van der Waals surface area contributed by atoms with E-state index in [1.807, 2.05) is 0 Å². The molecule has 0 spiro atoms. The molecule has 0 aliphatic carbocycles. The molecule has 1 amide bonds. The molecule has 8 heteroatoms. The van der Waals surface area contributed by atoms with Gasteiger partial charge in [-0.3, -0.25) is 0 Å². The van der Waals surface area contributed by atoms with Crippen LogP contribution in [0.4, 0.5) is 4.79 Å². The number of rotatable bonds is 13. The first-order valence-electron chi connectivity index (χ1n) is 10.9. The van der Waals surface area contributed by atoms with Gasteiger partial charge in [0.25, 0.3) is 0 Å². The maximum absolute atomic E-state index is 12.3. The molecular weight excluding hydrogens is 416 g/mol. The van der Waals surface area contributed by atoms with Crippen LogP contribution < -0.4 is 14.8 Å². The van der Waals surface area contributed by atoms with Crippen molar-refractivity contribution < 1.29 is 22.7 Å². The zero-order chi connectivity index (χ0) is 23.3. The van der Waals surface area contributed by atoms with Gasteiger partial charge < -0.3 is 14.8 Å². The fourth-order valence-electron chi connectivity index (χ4n) is 2.84. The van der Waals surface area contributed by atoms with Gasteiger partial charge in [0.15, 0.2) is 0 Å². The smallest absolute Gasteiger partial charge is 0.407 e. The quantitative estimate of drug-likeness (QED) is 0.410. The summed E-state index contributed by atoms with van der Waals surface area (Å²) in [5.41, 5.74) is 0.783. The number of sulfonamides is 1. The lowest BCUT2D eigenvalue weighted by Gasteiger charge is -2.20. The fraction of sp³-hybridized carbons (Fsp3) is 0.609. The maximum atomic E-state index is 12.3. The van der Waals surface area contributed by atoms with Gasteiger partial charge in [-0.05, 0) is 56.5 Å². The average molecular weight is 455 g/mol. The summed E-state index contributed by atoms with van der Waals surface area (Å²) in [7, 11) is -1.99. The molecule has 2 N–H and O–H groups in total. The molecule has 176 valence electrons. The zero-order valence-corrected chi connectivity index (χ0v) is 20.3.